The van der Waals surface area contributed by atoms with Crippen molar-refractivity contribution < 1.29 is 0 Å². The van der Waals surface area contributed by atoms with Crippen LogP contribution in [0.25, 0.3) is 0 Å². The molecule has 2 N–H and O–H groups in total. The summed E-state index contributed by atoms with van der Waals surface area (Å²) in [5.41, 5.74) is 0.740. The highest BCUT2D eigenvalue weighted by Crippen LogP contribution is 2.27. The van der Waals surface area contributed by atoms with Gasteiger partial charge in [0, 0.05) is 11.6 Å². The summed E-state index contributed by atoms with van der Waals surface area (Å²) < 4.78 is 0. The Hall–Kier alpha value is -1.52. The SMILES string of the molecule is CCNc1cncc(Nc2ccc(Cl)cc2Cl)n1. The second kappa shape index (κ2) is 5.89. The van der Waals surface area contributed by atoms with Crippen LogP contribution in [0.3, 0.4) is 0 Å². The molecule has 1 aromatic carbocycles. The quantitative estimate of drug-likeness (QED) is 0.891. The van der Waals surface area contributed by atoms with E-state index in [1.165, 1.54) is 0 Å². The molecular weight excluding hydrogens is 271 g/mol. The molecule has 0 atom stereocenters. The van der Waals surface area contributed by atoms with Gasteiger partial charge in [0.25, 0.3) is 0 Å². The van der Waals surface area contributed by atoms with Crippen molar-refractivity contribution in [3.8, 4) is 0 Å². The van der Waals surface area contributed by atoms with Crippen molar-refractivity contribution in [1.29, 1.82) is 0 Å². The van der Waals surface area contributed by atoms with Gasteiger partial charge in [0.05, 0.1) is 23.1 Å². The van der Waals surface area contributed by atoms with Crippen molar-refractivity contribution in [2.24, 2.45) is 0 Å². The number of halogens is 2. The number of nitrogens with one attached hydrogen (secondary N) is 2. The first-order valence-electron chi connectivity index (χ1n) is 5.47. The van der Waals surface area contributed by atoms with Gasteiger partial charge in [0.2, 0.25) is 0 Å². The fraction of sp³-hybridized carbons (Fsp3) is 0.167. The van der Waals surface area contributed by atoms with Crippen LogP contribution in [-0.2, 0) is 0 Å². The molecule has 0 bridgehead atoms. The minimum Gasteiger partial charge on any atom is -0.369 e. The molecule has 18 heavy (non-hydrogen) atoms. The minimum absolute atomic E-state index is 0.540. The first-order chi connectivity index (χ1) is 8.69. The number of hydrogen-bond donors (Lipinski definition) is 2. The van der Waals surface area contributed by atoms with Crippen LogP contribution in [0.5, 0.6) is 0 Å². The zero-order valence-corrected chi connectivity index (χ0v) is 11.3. The number of nitrogens with zero attached hydrogens (tertiary/aromatic N) is 2. The zero-order chi connectivity index (χ0) is 13.0. The summed E-state index contributed by atoms with van der Waals surface area (Å²) in [5.74, 6) is 1.34. The van der Waals surface area contributed by atoms with Crippen LogP contribution in [0, 0.1) is 0 Å². The summed E-state index contributed by atoms with van der Waals surface area (Å²) >= 11 is 11.9. The molecule has 6 heteroatoms. The molecule has 4 nitrogen and oxygen atoms in total. The van der Waals surface area contributed by atoms with E-state index in [1.54, 1.807) is 30.6 Å². The zero-order valence-electron chi connectivity index (χ0n) is 9.74. The third-order valence-corrected chi connectivity index (χ3v) is 2.73. The van der Waals surface area contributed by atoms with Crippen molar-refractivity contribution in [3.05, 3.63) is 40.6 Å². The van der Waals surface area contributed by atoms with Gasteiger partial charge in [-0.25, -0.2) is 4.98 Å². The molecule has 0 fully saturated rings. The van der Waals surface area contributed by atoms with E-state index < -0.39 is 0 Å². The van der Waals surface area contributed by atoms with E-state index >= 15 is 0 Å². The third-order valence-electron chi connectivity index (χ3n) is 2.19. The van der Waals surface area contributed by atoms with E-state index in [1.807, 2.05) is 6.92 Å². The molecule has 0 saturated carbocycles. The third kappa shape index (κ3) is 3.24. The van der Waals surface area contributed by atoms with Gasteiger partial charge in [-0.15, -0.1) is 0 Å². The van der Waals surface area contributed by atoms with Gasteiger partial charge in [-0.3, -0.25) is 4.98 Å². The molecule has 0 aliphatic heterocycles. The van der Waals surface area contributed by atoms with Crippen LogP contribution in [0.1, 0.15) is 6.92 Å². The molecule has 0 unspecified atom stereocenters. The predicted octanol–water partition coefficient (Wildman–Crippen LogP) is 3.96. The van der Waals surface area contributed by atoms with Gasteiger partial charge in [0.1, 0.15) is 5.82 Å². The van der Waals surface area contributed by atoms with Crippen molar-refractivity contribution in [2.75, 3.05) is 17.2 Å². The summed E-state index contributed by atoms with van der Waals surface area (Å²) in [6.07, 6.45) is 3.30. The molecule has 0 amide bonds. The predicted molar refractivity (Wildman–Crippen MR) is 75.9 cm³/mol. The Morgan fingerprint density at radius 2 is 1.94 bits per heavy atom. The smallest absolute Gasteiger partial charge is 0.151 e. The Morgan fingerprint density at radius 3 is 2.67 bits per heavy atom. The number of aromatic nitrogens is 2. The average Bonchev–Trinajstić information content (AvgIpc) is 2.34. The molecule has 94 valence electrons. The van der Waals surface area contributed by atoms with Crippen molar-refractivity contribution in [2.45, 2.75) is 6.92 Å². The maximum absolute atomic E-state index is 6.07. The highest BCUT2D eigenvalue weighted by atomic mass is 35.5. The highest BCUT2D eigenvalue weighted by molar-refractivity contribution is 6.36. The van der Waals surface area contributed by atoms with E-state index in [2.05, 4.69) is 20.6 Å². The van der Waals surface area contributed by atoms with E-state index in [4.69, 9.17) is 23.2 Å². The van der Waals surface area contributed by atoms with Gasteiger partial charge in [-0.05, 0) is 25.1 Å². The monoisotopic (exact) mass is 282 g/mol. The fourth-order valence-electron chi connectivity index (χ4n) is 1.42. The van der Waals surface area contributed by atoms with Crippen LogP contribution in [-0.4, -0.2) is 16.5 Å². The Morgan fingerprint density at radius 1 is 1.17 bits per heavy atom. The topological polar surface area (TPSA) is 49.8 Å². The lowest BCUT2D eigenvalue weighted by molar-refractivity contribution is 1.12. The van der Waals surface area contributed by atoms with E-state index in [9.17, 15) is 0 Å². The summed E-state index contributed by atoms with van der Waals surface area (Å²) in [7, 11) is 0. The molecule has 1 heterocycles. The van der Waals surface area contributed by atoms with Crippen molar-refractivity contribution in [1.82, 2.24) is 9.97 Å². The van der Waals surface area contributed by atoms with Gasteiger partial charge in [-0.2, -0.15) is 0 Å². The number of benzene rings is 1. The first-order valence-corrected chi connectivity index (χ1v) is 6.22. The molecule has 0 aliphatic carbocycles. The lowest BCUT2D eigenvalue weighted by Gasteiger charge is -2.09. The van der Waals surface area contributed by atoms with Crippen LogP contribution < -0.4 is 10.6 Å². The van der Waals surface area contributed by atoms with Crippen molar-refractivity contribution in [3.63, 3.8) is 0 Å². The number of hydrogen-bond acceptors (Lipinski definition) is 4. The maximum atomic E-state index is 6.07. The van der Waals surface area contributed by atoms with E-state index in [0.29, 0.717) is 21.7 Å². The van der Waals surface area contributed by atoms with Gasteiger partial charge in [0.15, 0.2) is 5.82 Å². The van der Waals surface area contributed by atoms with E-state index in [-0.39, 0.29) is 0 Å². The summed E-state index contributed by atoms with van der Waals surface area (Å²) in [6.45, 7) is 2.79. The largest absolute Gasteiger partial charge is 0.369 e. The lowest BCUT2D eigenvalue weighted by atomic mass is 10.3. The standard InChI is InChI=1S/C12H12Cl2N4/c1-2-16-11-6-15-7-12(18-11)17-10-4-3-8(13)5-9(10)14/h3-7H,2H2,1H3,(H2,16,17,18). The first kappa shape index (κ1) is 12.9. The normalized spacial score (nSPS) is 10.2. The summed E-state index contributed by atoms with van der Waals surface area (Å²) in [4.78, 5) is 8.43. The molecule has 0 aliphatic rings. The molecule has 0 saturated heterocycles. The van der Waals surface area contributed by atoms with Crippen LogP contribution in [0.15, 0.2) is 30.6 Å². The maximum Gasteiger partial charge on any atom is 0.151 e. The molecule has 1 aromatic heterocycles. The second-order valence-electron chi connectivity index (χ2n) is 3.57. The second-order valence-corrected chi connectivity index (χ2v) is 4.41. The van der Waals surface area contributed by atoms with Gasteiger partial charge < -0.3 is 10.6 Å². The molecule has 2 aromatic rings. The lowest BCUT2D eigenvalue weighted by Crippen LogP contribution is -2.02. The minimum atomic E-state index is 0.540. The molecule has 0 spiro atoms. The Kier molecular flexibility index (Phi) is 4.23. The average molecular weight is 283 g/mol. The Bertz CT molecular complexity index is 545. The Balaban J connectivity index is 2.20. The number of rotatable bonds is 4. The molecular formula is C12H12Cl2N4. The van der Waals surface area contributed by atoms with Crippen molar-refractivity contribution >= 4 is 40.5 Å². The number of anilines is 3. The van der Waals surface area contributed by atoms with Crippen LogP contribution in [0.2, 0.25) is 10.0 Å². The Labute approximate surface area is 115 Å². The van der Waals surface area contributed by atoms with Crippen LogP contribution >= 0.6 is 23.2 Å². The van der Waals surface area contributed by atoms with Crippen LogP contribution in [0.4, 0.5) is 17.3 Å². The molecule has 0 radical (unpaired) electrons. The molecule has 2 rings (SSSR count). The summed E-state index contributed by atoms with van der Waals surface area (Å²) in [6, 6.07) is 5.23. The fourth-order valence-corrected chi connectivity index (χ4v) is 1.88. The summed E-state index contributed by atoms with van der Waals surface area (Å²) in [5, 5.41) is 7.32. The van der Waals surface area contributed by atoms with E-state index in [0.717, 1.165) is 12.2 Å². The van der Waals surface area contributed by atoms with Gasteiger partial charge >= 0.3 is 0 Å². The van der Waals surface area contributed by atoms with Gasteiger partial charge in [-0.1, -0.05) is 23.2 Å². The highest BCUT2D eigenvalue weighted by Gasteiger charge is 2.03.